The van der Waals surface area contributed by atoms with Crippen LogP contribution in [0.5, 0.6) is 0 Å². The number of nitrogens with one attached hydrogen (secondary N) is 3. The number of carbonyl (C=O) groups is 3. The quantitative estimate of drug-likeness (QED) is 0.306. The third-order valence-corrected chi connectivity index (χ3v) is 6.05. The molecule has 1 aromatic heterocycles. The number of carbonyl (C=O) groups excluding carboxylic acids is 3. The summed E-state index contributed by atoms with van der Waals surface area (Å²) in [6.07, 6.45) is 3.68. The molecule has 3 unspecified atom stereocenters. The van der Waals surface area contributed by atoms with E-state index in [0.717, 1.165) is 0 Å². The van der Waals surface area contributed by atoms with Gasteiger partial charge in [-0.25, -0.2) is 18.2 Å². The maximum atomic E-state index is 14.3. The average Bonchev–Trinajstić information content (AvgIpc) is 3.54. The van der Waals surface area contributed by atoms with Crippen molar-refractivity contribution >= 4 is 30.1 Å². The van der Waals surface area contributed by atoms with Crippen molar-refractivity contribution in [3.05, 3.63) is 53.4 Å². The van der Waals surface area contributed by atoms with Gasteiger partial charge in [0.05, 0.1) is 18.4 Å². The van der Waals surface area contributed by atoms with Crippen molar-refractivity contribution in [2.24, 2.45) is 5.73 Å². The van der Waals surface area contributed by atoms with Gasteiger partial charge >= 0.3 is 0 Å². The molecule has 5 N–H and O–H groups in total. The van der Waals surface area contributed by atoms with Crippen molar-refractivity contribution in [3.8, 4) is 6.07 Å². The van der Waals surface area contributed by atoms with Gasteiger partial charge in [0.15, 0.2) is 11.6 Å². The second-order valence-corrected chi connectivity index (χ2v) is 8.83. The van der Waals surface area contributed by atoms with Crippen LogP contribution in [0.1, 0.15) is 36.9 Å². The summed E-state index contributed by atoms with van der Waals surface area (Å²) in [7, 11) is 0. The summed E-state index contributed by atoms with van der Waals surface area (Å²) in [5, 5.41) is 14.4. The Morgan fingerprint density at radius 2 is 1.95 bits per heavy atom. The number of imidazole rings is 1. The molecule has 1 saturated heterocycles. The lowest BCUT2D eigenvalue weighted by molar-refractivity contribution is -0.132. The molecule has 3 atom stereocenters. The van der Waals surface area contributed by atoms with E-state index in [-0.39, 0.29) is 50.2 Å². The van der Waals surface area contributed by atoms with Crippen LogP contribution in [0.3, 0.4) is 0 Å². The summed E-state index contributed by atoms with van der Waals surface area (Å²) >= 11 is 0. The zero-order valence-electron chi connectivity index (χ0n) is 20.4. The Labute approximate surface area is 223 Å². The van der Waals surface area contributed by atoms with Gasteiger partial charge in [-0.1, -0.05) is 0 Å². The summed E-state index contributed by atoms with van der Waals surface area (Å²) in [6, 6.07) is 0.724. The van der Waals surface area contributed by atoms with Gasteiger partial charge in [-0.3, -0.25) is 14.4 Å². The standard InChI is InChI=1S/C24H28F3N7O3.ClH/c25-18-10-20(27)19(26)7-14(18)6-15(9-23(36)34-5-1-2-17(34)11-28)33-22(35)3-4-31-24(37)21(29)8-16-12-30-13-32-16;/h7,10,12-13,15,17,21H,1-6,8-9,29H2,(H,30,32)(H,31,37)(H,33,35);1H. The van der Waals surface area contributed by atoms with E-state index in [1.807, 2.05) is 0 Å². The number of hydrogen-bond donors (Lipinski definition) is 4. The van der Waals surface area contributed by atoms with Crippen LogP contribution in [-0.4, -0.2) is 63.8 Å². The fraction of sp³-hybridized carbons (Fsp3) is 0.458. The number of halogens is 4. The lowest BCUT2D eigenvalue weighted by Gasteiger charge is -2.24. The number of aromatic nitrogens is 2. The molecule has 14 heteroatoms. The van der Waals surface area contributed by atoms with E-state index in [1.165, 1.54) is 11.2 Å². The number of amides is 3. The highest BCUT2D eigenvalue weighted by Gasteiger charge is 2.30. The third-order valence-electron chi connectivity index (χ3n) is 6.05. The van der Waals surface area contributed by atoms with Crippen molar-refractivity contribution in [1.82, 2.24) is 25.5 Å². The molecular weight excluding hydrogens is 527 g/mol. The van der Waals surface area contributed by atoms with Crippen molar-refractivity contribution in [2.75, 3.05) is 13.1 Å². The van der Waals surface area contributed by atoms with Crippen LogP contribution in [0.2, 0.25) is 0 Å². The maximum Gasteiger partial charge on any atom is 0.237 e. The minimum atomic E-state index is -1.35. The fourth-order valence-electron chi connectivity index (χ4n) is 4.14. The summed E-state index contributed by atoms with van der Waals surface area (Å²) in [5.41, 5.74) is 6.31. The summed E-state index contributed by atoms with van der Waals surface area (Å²) < 4.78 is 41.3. The average molecular weight is 556 g/mol. The third kappa shape index (κ3) is 8.46. The van der Waals surface area contributed by atoms with Crippen LogP contribution in [0.4, 0.5) is 13.2 Å². The van der Waals surface area contributed by atoms with Gasteiger partial charge in [-0.15, -0.1) is 12.4 Å². The molecule has 3 amide bonds. The van der Waals surface area contributed by atoms with E-state index >= 15 is 0 Å². The van der Waals surface area contributed by atoms with E-state index in [2.05, 4.69) is 26.7 Å². The monoisotopic (exact) mass is 555 g/mol. The van der Waals surface area contributed by atoms with Crippen molar-refractivity contribution in [3.63, 3.8) is 0 Å². The molecule has 0 spiro atoms. The zero-order valence-corrected chi connectivity index (χ0v) is 21.2. The summed E-state index contributed by atoms with van der Waals surface area (Å²) in [4.78, 5) is 45.6. The number of aromatic amines is 1. The maximum absolute atomic E-state index is 14.3. The first-order valence-corrected chi connectivity index (χ1v) is 11.8. The number of nitrogens with two attached hydrogens (primary N) is 1. The molecule has 1 aliphatic rings. The van der Waals surface area contributed by atoms with E-state index in [1.54, 1.807) is 6.20 Å². The minimum Gasteiger partial charge on any atom is -0.354 e. The Morgan fingerprint density at radius 3 is 2.63 bits per heavy atom. The predicted octanol–water partition coefficient (Wildman–Crippen LogP) is 1.26. The fourth-order valence-corrected chi connectivity index (χ4v) is 4.14. The number of nitrogens with zero attached hydrogens (tertiary/aromatic N) is 3. The molecule has 10 nitrogen and oxygen atoms in total. The molecule has 38 heavy (non-hydrogen) atoms. The molecule has 206 valence electrons. The molecule has 1 aromatic carbocycles. The van der Waals surface area contributed by atoms with Gasteiger partial charge < -0.3 is 26.3 Å². The van der Waals surface area contributed by atoms with Crippen molar-refractivity contribution in [1.29, 1.82) is 5.26 Å². The van der Waals surface area contributed by atoms with Crippen LogP contribution in [0, 0.1) is 28.8 Å². The Kier molecular flexibility index (Phi) is 11.5. The van der Waals surface area contributed by atoms with Crippen LogP contribution < -0.4 is 16.4 Å². The largest absolute Gasteiger partial charge is 0.354 e. The predicted molar refractivity (Wildman–Crippen MR) is 132 cm³/mol. The Hall–Kier alpha value is -3.63. The van der Waals surface area contributed by atoms with Gasteiger partial charge in [-0.2, -0.15) is 5.26 Å². The highest BCUT2D eigenvalue weighted by molar-refractivity contribution is 5.85. The second kappa shape index (κ2) is 14.3. The number of H-pyrrole nitrogens is 1. The number of nitriles is 1. The molecule has 3 rings (SSSR count). The van der Waals surface area contributed by atoms with Gasteiger partial charge in [0.1, 0.15) is 11.9 Å². The minimum absolute atomic E-state index is 0. The van der Waals surface area contributed by atoms with Crippen LogP contribution >= 0.6 is 12.4 Å². The van der Waals surface area contributed by atoms with E-state index in [0.29, 0.717) is 37.2 Å². The number of hydrogen-bond acceptors (Lipinski definition) is 6. The first-order chi connectivity index (χ1) is 17.7. The lowest BCUT2D eigenvalue weighted by atomic mass is 10.0. The molecule has 2 aromatic rings. The highest BCUT2D eigenvalue weighted by Crippen LogP contribution is 2.20. The SMILES string of the molecule is Cl.N#CC1CCCN1C(=O)CC(Cc1cc(F)c(F)cc1F)NC(=O)CCNC(=O)C(N)Cc1cnc[nH]1. The highest BCUT2D eigenvalue weighted by atomic mass is 35.5. The molecule has 1 aliphatic heterocycles. The van der Waals surface area contributed by atoms with Gasteiger partial charge in [0, 0.05) is 56.4 Å². The van der Waals surface area contributed by atoms with Gasteiger partial charge in [-0.05, 0) is 30.9 Å². The van der Waals surface area contributed by atoms with Gasteiger partial charge in [0.25, 0.3) is 0 Å². The van der Waals surface area contributed by atoms with Crippen LogP contribution in [0.15, 0.2) is 24.7 Å². The van der Waals surface area contributed by atoms with Gasteiger partial charge in [0.2, 0.25) is 17.7 Å². The summed E-state index contributed by atoms with van der Waals surface area (Å²) in [5.74, 6) is -5.08. The van der Waals surface area contributed by atoms with E-state index in [4.69, 9.17) is 5.73 Å². The second-order valence-electron chi connectivity index (χ2n) is 8.83. The normalized spacial score (nSPS) is 16.2. The molecular formula is C24H29ClF3N7O3. The molecule has 0 aliphatic carbocycles. The smallest absolute Gasteiger partial charge is 0.237 e. The van der Waals surface area contributed by atoms with E-state index < -0.39 is 53.3 Å². The first-order valence-electron chi connectivity index (χ1n) is 11.8. The number of likely N-dealkylation sites (tertiary alicyclic amines) is 1. The molecule has 2 heterocycles. The molecule has 0 radical (unpaired) electrons. The van der Waals surface area contributed by atoms with Crippen molar-refractivity contribution in [2.45, 2.75) is 56.7 Å². The van der Waals surface area contributed by atoms with Crippen LogP contribution in [-0.2, 0) is 27.2 Å². The number of rotatable bonds is 11. The Bertz CT molecular complexity index is 1160. The first kappa shape index (κ1) is 30.6. The topological polar surface area (TPSA) is 157 Å². The molecule has 0 bridgehead atoms. The van der Waals surface area contributed by atoms with Crippen molar-refractivity contribution < 1.29 is 27.6 Å². The summed E-state index contributed by atoms with van der Waals surface area (Å²) in [6.45, 7) is 0.326. The van der Waals surface area contributed by atoms with Crippen LogP contribution in [0.25, 0.3) is 0 Å². The van der Waals surface area contributed by atoms with E-state index in [9.17, 15) is 32.8 Å². The zero-order chi connectivity index (χ0) is 26.9. The molecule has 1 fully saturated rings. The Morgan fingerprint density at radius 1 is 1.21 bits per heavy atom. The Balaban J connectivity index is 0.00000507. The molecule has 0 saturated carbocycles. The number of benzene rings is 1. The lowest BCUT2D eigenvalue weighted by Crippen LogP contribution is -2.45.